The minimum absolute atomic E-state index is 0.00437. The summed E-state index contributed by atoms with van der Waals surface area (Å²) < 4.78 is 61.3. The molecule has 4 aromatic heterocycles. The van der Waals surface area contributed by atoms with Crippen LogP contribution >= 0.6 is 98.9 Å². The van der Waals surface area contributed by atoms with Crippen LogP contribution in [-0.2, 0) is 39.9 Å². The van der Waals surface area contributed by atoms with Gasteiger partial charge in [0.2, 0.25) is 0 Å². The molecule has 0 atom stereocenters. The first-order valence-corrected chi connectivity index (χ1v) is 32.9. The molecule has 0 aliphatic rings. The smallest absolute Gasteiger partial charge is 0.173 e. The largest absolute Gasteiger partial charge is 0.268 e. The Morgan fingerprint density at radius 2 is 1.23 bits per heavy atom. The van der Waals surface area contributed by atoms with E-state index >= 15 is 0 Å². The van der Waals surface area contributed by atoms with Crippen molar-refractivity contribution in [2.24, 2.45) is 28.2 Å². The molecule has 0 aliphatic heterocycles. The first-order valence-electron chi connectivity index (χ1n) is 12.9. The van der Waals surface area contributed by atoms with Crippen LogP contribution in [0.1, 0.15) is 22.1 Å². The van der Waals surface area contributed by atoms with Gasteiger partial charge in [0.15, 0.2) is 22.3 Å². The second kappa shape index (κ2) is 23.3. The number of fused-ring (bicyclic) bond motifs is 2. The van der Waals surface area contributed by atoms with E-state index in [1.165, 1.54) is 68.5 Å². The number of halogens is 9. The molecule has 0 aromatic carbocycles. The molecule has 23 heteroatoms. The number of imidazole rings is 2. The Bertz CT molecular complexity index is 1970. The van der Waals surface area contributed by atoms with Crippen LogP contribution in [0.15, 0.2) is 55.1 Å². The first-order chi connectivity index (χ1) is 22.5. The van der Waals surface area contributed by atoms with Crippen molar-refractivity contribution in [1.82, 2.24) is 37.4 Å². The maximum absolute atomic E-state index is 12.3. The fraction of sp³-hybridized carbons (Fsp3) is 0.417. The van der Waals surface area contributed by atoms with E-state index in [1.807, 2.05) is 0 Å². The molecular formula is C24H30F4I5N8O4S2-. The minimum atomic E-state index is -1.73. The topological polar surface area (TPSA) is 124 Å². The standard InChI is InChI=1S/C12H14F2N4O2S.C8H10N4O2S.C4H6F2.I3.I2/c1-7(9(13)14)4-21-6-18-5-15-10-8(18)11(19)17(3)12(20)16(10)2;1-10-6-5(12(4-15)3-9-6)7(13)11(2)8(10)14;1-3(2)4(5)6;1-3-2;1-2/h5H,4,6H2,1-3H3;3,15H,4H2,1-2H3;1-2H3;;/q;;;-1;/i;;1T;;. The number of rotatable bonds is 5. The van der Waals surface area contributed by atoms with Gasteiger partial charge in [-0.15, -0.1) is 11.8 Å². The molecule has 0 bridgehead atoms. The fourth-order valence-corrected chi connectivity index (χ4v) is 4.46. The summed E-state index contributed by atoms with van der Waals surface area (Å²) in [6.45, 7) is 2.29. The summed E-state index contributed by atoms with van der Waals surface area (Å²) in [7, 11) is 5.94. The van der Waals surface area contributed by atoms with E-state index in [0.29, 0.717) is 36.2 Å². The molecule has 47 heavy (non-hydrogen) atoms. The van der Waals surface area contributed by atoms with Crippen LogP contribution in [0.3, 0.4) is 0 Å². The maximum Gasteiger partial charge on any atom is 0.268 e. The van der Waals surface area contributed by atoms with Gasteiger partial charge in [-0.2, -0.15) is 30.2 Å². The second-order valence-corrected chi connectivity index (χ2v) is 26.4. The van der Waals surface area contributed by atoms with Crippen LogP contribution in [0.2, 0.25) is 0 Å². The van der Waals surface area contributed by atoms with Crippen molar-refractivity contribution in [2.45, 2.75) is 32.5 Å². The molecule has 0 fully saturated rings. The van der Waals surface area contributed by atoms with Gasteiger partial charge in [-0.05, 0) is 26.3 Å². The van der Waals surface area contributed by atoms with E-state index in [1.54, 1.807) is 16.2 Å². The van der Waals surface area contributed by atoms with Crippen LogP contribution < -0.4 is 35.8 Å². The molecular weight excluding hydrogens is 1240 g/mol. The van der Waals surface area contributed by atoms with E-state index in [2.05, 4.69) is 97.1 Å². The monoisotopic (exact) mass is 1270 g/mol. The number of aromatic nitrogens is 8. The second-order valence-electron chi connectivity index (χ2n) is 8.94. The molecule has 0 amide bonds. The summed E-state index contributed by atoms with van der Waals surface area (Å²) in [4.78, 5) is 55.3. The summed E-state index contributed by atoms with van der Waals surface area (Å²) >= 11 is 14.9. The molecule has 266 valence electrons. The van der Waals surface area contributed by atoms with Crippen molar-refractivity contribution in [3.63, 3.8) is 0 Å². The Labute approximate surface area is 330 Å². The van der Waals surface area contributed by atoms with Crippen molar-refractivity contribution < 1.29 is 32.2 Å². The predicted octanol–water partition coefficient (Wildman–Crippen LogP) is 3.34. The number of nitrogens with zero attached hydrogens (tertiary/aromatic N) is 8. The van der Waals surface area contributed by atoms with Gasteiger partial charge in [-0.25, -0.2) is 19.6 Å². The Morgan fingerprint density at radius 3 is 1.57 bits per heavy atom. The third-order valence-electron chi connectivity index (χ3n) is 5.78. The molecule has 0 radical (unpaired) electrons. The van der Waals surface area contributed by atoms with Crippen molar-refractivity contribution in [3.8, 4) is 0 Å². The molecule has 0 unspecified atom stereocenters. The average Bonchev–Trinajstić information content (AvgIpc) is 3.71. The molecule has 4 rings (SSSR count). The molecule has 0 aliphatic carbocycles. The van der Waals surface area contributed by atoms with Crippen molar-refractivity contribution >= 4 is 121 Å². The Balaban J connectivity index is 0.000000711. The Morgan fingerprint density at radius 1 is 0.830 bits per heavy atom. The first kappa shape index (κ1) is 44.9. The van der Waals surface area contributed by atoms with Crippen LogP contribution in [-0.4, -0.2) is 43.1 Å². The molecule has 4 aromatic rings. The molecule has 0 N–H and O–H groups in total. The zero-order valence-electron chi connectivity index (χ0n) is 26.5. The molecule has 12 nitrogen and oxygen atoms in total. The Kier molecular flexibility index (Phi) is 22.3. The SMILES string of the molecule is CC(CSCn1cnc2c1c(=O)n(C)c(=O)n2C)=C(F)F.Cn1c(=O)c2c(ncn2CS)n(C)c1=O.II.I[I-]I.[3H]CC(C)=C(F)F. The van der Waals surface area contributed by atoms with Gasteiger partial charge in [-0.3, -0.25) is 27.9 Å². The quantitative estimate of drug-likeness (QED) is 0.185. The zero-order chi connectivity index (χ0) is 37.5. The third-order valence-corrected chi connectivity index (χ3v) is 7.18. The predicted molar refractivity (Wildman–Crippen MR) is 213 cm³/mol. The van der Waals surface area contributed by atoms with Crippen LogP contribution in [0.25, 0.3) is 22.3 Å². The summed E-state index contributed by atoms with van der Waals surface area (Å²) in [5.41, 5.74) is -0.422. The fourth-order valence-electron chi connectivity index (χ4n) is 3.35. The number of thiol groups is 1. The van der Waals surface area contributed by atoms with E-state index in [0.717, 1.165) is 9.13 Å². The molecule has 0 spiro atoms. The zero-order valence-corrected chi connectivity index (χ0v) is 37.9. The van der Waals surface area contributed by atoms with Crippen molar-refractivity contribution in [1.29, 1.82) is 0 Å². The number of thioether (sulfide) groups is 1. The van der Waals surface area contributed by atoms with E-state index in [4.69, 9.17) is 1.37 Å². The average molecular weight is 1270 g/mol. The van der Waals surface area contributed by atoms with Crippen LogP contribution in [0.5, 0.6) is 0 Å². The number of aryl methyl sites for hydroxylation is 2. The van der Waals surface area contributed by atoms with Gasteiger partial charge in [-0.1, -0.05) is 0 Å². The normalized spacial score (nSPS) is 10.4. The molecule has 0 saturated carbocycles. The third kappa shape index (κ3) is 13.2. The summed E-state index contributed by atoms with van der Waals surface area (Å²) in [5, 5.41) is 0. The number of allylic oxidation sites excluding steroid dienone is 1. The maximum atomic E-state index is 12.3. The number of hydrogen-bond donors (Lipinski definition) is 1. The van der Waals surface area contributed by atoms with E-state index in [9.17, 15) is 36.7 Å². The minimum Gasteiger partial charge on any atom is -0.173 e. The van der Waals surface area contributed by atoms with Gasteiger partial charge in [0, 0.05) is 78.1 Å². The van der Waals surface area contributed by atoms with Crippen molar-refractivity contribution in [3.05, 3.63) is 77.6 Å². The summed E-state index contributed by atoms with van der Waals surface area (Å²) in [6, 6.07) is 0. The van der Waals surface area contributed by atoms with Gasteiger partial charge < -0.3 is 9.13 Å². The van der Waals surface area contributed by atoms with E-state index in [-0.39, 0.29) is 46.2 Å². The number of hydrogen-bond acceptors (Lipinski definition) is 8. The Hall–Kier alpha value is -0.150. The van der Waals surface area contributed by atoms with Gasteiger partial charge >= 0.3 is 61.9 Å². The van der Waals surface area contributed by atoms with Crippen LogP contribution in [0.4, 0.5) is 17.6 Å². The summed E-state index contributed by atoms with van der Waals surface area (Å²) in [6.07, 6.45) is -0.478. The van der Waals surface area contributed by atoms with Gasteiger partial charge in [0.1, 0.15) is 0 Å². The van der Waals surface area contributed by atoms with E-state index < -0.39 is 23.4 Å². The van der Waals surface area contributed by atoms with Gasteiger partial charge in [0.05, 0.1) is 24.4 Å². The van der Waals surface area contributed by atoms with Crippen molar-refractivity contribution in [2.75, 3.05) is 5.75 Å². The molecule has 0 saturated heterocycles. The summed E-state index contributed by atoms with van der Waals surface area (Å²) in [5.74, 6) is 0.812. The van der Waals surface area contributed by atoms with Crippen LogP contribution in [0, 0.1) is 0 Å². The molecule has 4 heterocycles. The van der Waals surface area contributed by atoms with Gasteiger partial charge in [0.25, 0.3) is 23.3 Å².